The summed E-state index contributed by atoms with van der Waals surface area (Å²) < 4.78 is 24.8. The van der Waals surface area contributed by atoms with E-state index in [-0.39, 0.29) is 29.6 Å². The zero-order chi connectivity index (χ0) is 44.4. The summed E-state index contributed by atoms with van der Waals surface area (Å²) in [6.45, 7) is 8.29. The molecule has 3 saturated heterocycles. The Hall–Kier alpha value is -6.13. The van der Waals surface area contributed by atoms with Crippen LogP contribution >= 0.6 is 0 Å². The minimum Gasteiger partial charge on any atom is -0.507 e. The molecule has 2 aromatic heterocycles. The Labute approximate surface area is 362 Å². The fraction of sp³-hybridized carbons (Fsp3) is 0.435. The van der Waals surface area contributed by atoms with Crippen LogP contribution in [0.1, 0.15) is 78.2 Å². The maximum Gasteiger partial charge on any atom is 0.253 e. The number of hydrogen-bond donors (Lipinski definition) is 6. The number of rotatable bonds is 13. The molecule has 2 aromatic carbocycles. The van der Waals surface area contributed by atoms with Gasteiger partial charge >= 0.3 is 0 Å². The third-order valence-electron chi connectivity index (χ3n) is 12.1. The van der Waals surface area contributed by atoms with Crippen LogP contribution in [0.3, 0.4) is 0 Å². The van der Waals surface area contributed by atoms with Gasteiger partial charge in [-0.2, -0.15) is 0 Å². The predicted molar refractivity (Wildman–Crippen MR) is 239 cm³/mol. The summed E-state index contributed by atoms with van der Waals surface area (Å²) in [4.78, 5) is 43.4. The number of allylic oxidation sites excluding steroid dienone is 1. The molecule has 2 amide bonds. The Kier molecular flexibility index (Phi) is 15.1. The number of morpholine rings is 1. The molecule has 3 fully saturated rings. The summed E-state index contributed by atoms with van der Waals surface area (Å²) in [5, 5.41) is 17.0. The van der Waals surface area contributed by atoms with Crippen molar-refractivity contribution in [3.63, 3.8) is 0 Å². The van der Waals surface area contributed by atoms with Gasteiger partial charge < -0.3 is 61.7 Å². The average Bonchev–Trinajstić information content (AvgIpc) is 3.61. The number of piperidine rings is 2. The molecule has 9 N–H and O–H groups in total. The van der Waals surface area contributed by atoms with Gasteiger partial charge in [-0.25, -0.2) is 9.37 Å². The van der Waals surface area contributed by atoms with Crippen molar-refractivity contribution in [3.05, 3.63) is 107 Å². The zero-order valence-electron chi connectivity index (χ0n) is 35.9. The van der Waals surface area contributed by atoms with Crippen LogP contribution in [0.5, 0.6) is 5.75 Å². The smallest absolute Gasteiger partial charge is 0.253 e. The van der Waals surface area contributed by atoms with Crippen molar-refractivity contribution in [1.29, 1.82) is 0 Å². The number of anilines is 1. The highest BCUT2D eigenvalue weighted by atomic mass is 19.1. The standard InChI is InChI=1S/C42H54FN9O3.C4H7NO2/c1-27-23-52(40-34(27)20-31(47-3)22-48-40)32-12-16-49(17-13-32)26-42(43)14-18-50(19-15-42)41(54)30-10-8-29(9-11-30)38-24-51(28(2)25-55-38)36(39(45)46)21-35(44)33-6-4-5-7-37(33)53;6-3-1-2-5-4-7/h4-11,20-23,28,32,38,47,53H,12-19,24-26,44-46H2,1-3H3;3-4H,1-2H2,(H,5,7)/b35-21-;. The topological polar surface area (TPSA) is 210 Å². The zero-order valence-corrected chi connectivity index (χ0v) is 35.9. The van der Waals surface area contributed by atoms with Gasteiger partial charge in [0, 0.05) is 113 Å². The summed E-state index contributed by atoms with van der Waals surface area (Å²) in [5.74, 6) is 0.0755. The van der Waals surface area contributed by atoms with Crippen LogP contribution in [0.2, 0.25) is 0 Å². The van der Waals surface area contributed by atoms with E-state index in [2.05, 4.69) is 44.2 Å². The van der Waals surface area contributed by atoms with Crippen molar-refractivity contribution < 1.29 is 28.6 Å². The summed E-state index contributed by atoms with van der Waals surface area (Å²) in [7, 11) is 1.90. The van der Waals surface area contributed by atoms with Gasteiger partial charge in [-0.15, -0.1) is 0 Å². The third kappa shape index (κ3) is 10.8. The lowest BCUT2D eigenvalue weighted by Gasteiger charge is -2.41. The molecule has 0 aliphatic carbocycles. The van der Waals surface area contributed by atoms with Gasteiger partial charge in [0.1, 0.15) is 35.3 Å². The molecule has 0 bridgehead atoms. The SMILES string of the molecule is CNc1cnc2c(c1)c(C)cn2C1CCN(CC2(F)CCN(C(=O)c3ccc(C4CN(C(/C=C(\N)c5ccccc5O)=C(N)N)C(C)CO4)cc3)CC2)CC1.O=CCCNC=O. The van der Waals surface area contributed by atoms with E-state index in [1.54, 1.807) is 35.2 Å². The molecular weight excluding hydrogens is 792 g/mol. The lowest BCUT2D eigenvalue weighted by molar-refractivity contribution is -0.110. The fourth-order valence-corrected chi connectivity index (χ4v) is 8.53. The largest absolute Gasteiger partial charge is 0.507 e. The summed E-state index contributed by atoms with van der Waals surface area (Å²) >= 11 is 0. The molecule has 3 aliphatic heterocycles. The van der Waals surface area contributed by atoms with Crippen LogP contribution in [-0.2, 0) is 14.3 Å². The van der Waals surface area contributed by atoms with E-state index in [1.165, 1.54) is 5.56 Å². The van der Waals surface area contributed by atoms with Crippen molar-refractivity contribution in [2.45, 2.75) is 69.8 Å². The average molecular weight is 853 g/mol. The van der Waals surface area contributed by atoms with Crippen LogP contribution in [0, 0.1) is 6.92 Å². The maximum atomic E-state index is 16.2. The molecule has 0 saturated carbocycles. The number of amides is 2. The third-order valence-corrected chi connectivity index (χ3v) is 12.1. The number of nitrogens with one attached hydrogen (secondary N) is 2. The number of alkyl halides is 1. The molecule has 5 heterocycles. The highest BCUT2D eigenvalue weighted by Gasteiger charge is 2.39. The summed E-state index contributed by atoms with van der Waals surface area (Å²) in [5.41, 5.74) is 23.4. The number of aromatic hydroxyl groups is 1. The van der Waals surface area contributed by atoms with Crippen molar-refractivity contribution in [2.75, 3.05) is 64.8 Å². The van der Waals surface area contributed by atoms with Crippen LogP contribution < -0.4 is 27.8 Å². The number of aromatic nitrogens is 2. The molecule has 2 atom stereocenters. The van der Waals surface area contributed by atoms with Gasteiger partial charge in [-0.05, 0) is 74.2 Å². The van der Waals surface area contributed by atoms with Gasteiger partial charge in [0.15, 0.2) is 0 Å². The van der Waals surface area contributed by atoms with Crippen molar-refractivity contribution in [2.24, 2.45) is 17.2 Å². The van der Waals surface area contributed by atoms with Crippen LogP contribution in [0.25, 0.3) is 16.7 Å². The number of benzene rings is 2. The number of halogens is 1. The predicted octanol–water partition coefficient (Wildman–Crippen LogP) is 4.54. The van der Waals surface area contributed by atoms with E-state index >= 15 is 4.39 Å². The second kappa shape index (κ2) is 20.6. The van der Waals surface area contributed by atoms with Gasteiger partial charge in [0.05, 0.1) is 24.2 Å². The van der Waals surface area contributed by atoms with Crippen molar-refractivity contribution in [1.82, 2.24) is 29.6 Å². The number of hydrogen-bond acceptors (Lipinski definition) is 12. The number of ether oxygens (including phenoxy) is 1. The molecule has 7 rings (SSSR count). The van der Waals surface area contributed by atoms with Crippen LogP contribution in [-0.4, -0.2) is 119 Å². The number of para-hydroxylation sites is 1. The first-order valence-electron chi connectivity index (χ1n) is 21.3. The number of pyridine rings is 1. The number of phenolic OH excluding ortho intramolecular Hbond substituents is 1. The van der Waals surface area contributed by atoms with E-state index in [4.69, 9.17) is 26.9 Å². The Morgan fingerprint density at radius 1 is 1.05 bits per heavy atom. The Bertz CT molecular complexity index is 2220. The van der Waals surface area contributed by atoms with E-state index < -0.39 is 5.67 Å². The molecule has 332 valence electrons. The number of nitrogens with two attached hydrogens (primary N) is 3. The molecule has 0 radical (unpaired) electrons. The van der Waals surface area contributed by atoms with Gasteiger partial charge in [0.2, 0.25) is 6.41 Å². The number of aldehydes is 1. The molecular formula is C46H61FN10O5. The first-order valence-corrected chi connectivity index (χ1v) is 21.3. The number of carbonyl (C=O) groups excluding carboxylic acids is 3. The highest BCUT2D eigenvalue weighted by Crippen LogP contribution is 2.35. The van der Waals surface area contributed by atoms with E-state index in [0.717, 1.165) is 54.5 Å². The monoisotopic (exact) mass is 852 g/mol. The number of likely N-dealkylation sites (tertiary alicyclic amines) is 2. The number of fused-ring (bicyclic) bond motifs is 1. The Morgan fingerprint density at radius 2 is 1.76 bits per heavy atom. The molecule has 0 spiro atoms. The van der Waals surface area contributed by atoms with Crippen molar-refractivity contribution in [3.8, 4) is 5.75 Å². The number of phenols is 1. The minimum atomic E-state index is -1.32. The summed E-state index contributed by atoms with van der Waals surface area (Å²) in [6, 6.07) is 16.7. The summed E-state index contributed by atoms with van der Waals surface area (Å²) in [6.07, 6.45) is 9.73. The Morgan fingerprint density at radius 3 is 2.40 bits per heavy atom. The molecule has 62 heavy (non-hydrogen) atoms. The van der Waals surface area contributed by atoms with Crippen LogP contribution in [0.4, 0.5) is 10.1 Å². The van der Waals surface area contributed by atoms with Crippen molar-refractivity contribution >= 4 is 41.0 Å². The molecule has 2 unspecified atom stereocenters. The highest BCUT2D eigenvalue weighted by molar-refractivity contribution is 5.94. The second-order valence-corrected chi connectivity index (χ2v) is 16.4. The van der Waals surface area contributed by atoms with E-state index in [9.17, 15) is 19.5 Å². The van der Waals surface area contributed by atoms with Gasteiger partial charge in [-0.1, -0.05) is 24.3 Å². The minimum absolute atomic E-state index is 0.0454. The lowest BCUT2D eigenvalue weighted by atomic mass is 9.91. The van der Waals surface area contributed by atoms with Gasteiger partial charge in [0.25, 0.3) is 5.91 Å². The molecule has 16 heteroatoms. The van der Waals surface area contributed by atoms with E-state index in [0.29, 0.717) is 93.6 Å². The molecule has 3 aliphatic rings. The number of carbonyl (C=O) groups is 3. The normalized spacial score (nSPS) is 19.6. The Balaban J connectivity index is 0.000000845. The fourth-order valence-electron chi connectivity index (χ4n) is 8.53. The first kappa shape index (κ1) is 45.4. The number of aryl methyl sites for hydroxylation is 1. The number of nitrogens with zero attached hydrogens (tertiary/aromatic N) is 5. The lowest BCUT2D eigenvalue weighted by Crippen LogP contribution is -2.51. The maximum absolute atomic E-state index is 16.2. The van der Waals surface area contributed by atoms with Gasteiger partial charge in [-0.3, -0.25) is 9.59 Å². The molecule has 4 aromatic rings. The van der Waals surface area contributed by atoms with Crippen LogP contribution in [0.15, 0.2) is 84.6 Å². The first-order chi connectivity index (χ1) is 29.8. The molecule has 15 nitrogen and oxygen atoms in total. The second-order valence-electron chi connectivity index (χ2n) is 16.4. The quantitative estimate of drug-likeness (QED) is 0.0623. The van der Waals surface area contributed by atoms with E-state index in [1.807, 2.05) is 44.4 Å².